The molecule has 2 rings (SSSR count). The van der Waals surface area contributed by atoms with Gasteiger partial charge in [-0.1, -0.05) is 31.1 Å². The summed E-state index contributed by atoms with van der Waals surface area (Å²) < 4.78 is 10.5. The molecule has 0 aliphatic heterocycles. The van der Waals surface area contributed by atoms with Gasteiger partial charge in [0, 0.05) is 17.7 Å². The molecule has 2 aromatic rings. The third-order valence-corrected chi connectivity index (χ3v) is 4.53. The van der Waals surface area contributed by atoms with Gasteiger partial charge in [0.15, 0.2) is 5.76 Å². The molecule has 7 nitrogen and oxygen atoms in total. The second-order valence-corrected chi connectivity index (χ2v) is 6.73. The van der Waals surface area contributed by atoms with Gasteiger partial charge in [0.05, 0.1) is 19.2 Å². The molecular formula is C23H29N3O4. The molecule has 0 radical (unpaired) electrons. The van der Waals surface area contributed by atoms with Gasteiger partial charge in [0.25, 0.3) is 5.91 Å². The first-order valence-electron chi connectivity index (χ1n) is 10.1. The number of hydrogen-bond acceptors (Lipinski definition) is 6. The van der Waals surface area contributed by atoms with Gasteiger partial charge in [-0.05, 0) is 49.7 Å². The number of hydrogen-bond donors (Lipinski definition) is 3. The van der Waals surface area contributed by atoms with Crippen LogP contribution in [0.5, 0.6) is 0 Å². The second-order valence-electron chi connectivity index (χ2n) is 6.73. The summed E-state index contributed by atoms with van der Waals surface area (Å²) in [6.07, 6.45) is 5.25. The topological polar surface area (TPSA) is 121 Å². The van der Waals surface area contributed by atoms with Crippen LogP contribution in [0.1, 0.15) is 58.6 Å². The average Bonchev–Trinajstić information content (AvgIpc) is 3.26. The monoisotopic (exact) mass is 411 g/mol. The Morgan fingerprint density at radius 3 is 2.57 bits per heavy atom. The number of amides is 1. The minimum absolute atomic E-state index is 0.187. The molecule has 1 aromatic heterocycles. The van der Waals surface area contributed by atoms with Crippen LogP contribution < -0.4 is 16.8 Å². The zero-order chi connectivity index (χ0) is 21.8. The molecule has 0 aliphatic rings. The van der Waals surface area contributed by atoms with E-state index in [1.165, 1.54) is 7.11 Å². The normalized spacial score (nSPS) is 10.2. The number of ether oxygens (including phenoxy) is 1. The van der Waals surface area contributed by atoms with E-state index < -0.39 is 5.97 Å². The summed E-state index contributed by atoms with van der Waals surface area (Å²) in [5, 5.41) is 2.86. The summed E-state index contributed by atoms with van der Waals surface area (Å²) in [6.45, 7) is 1.51. The molecule has 0 aliphatic carbocycles. The number of nitrogens with two attached hydrogens (primary N) is 2. The predicted octanol–water partition coefficient (Wildman–Crippen LogP) is 2.68. The van der Waals surface area contributed by atoms with Crippen LogP contribution in [0, 0.1) is 11.8 Å². The van der Waals surface area contributed by atoms with E-state index in [2.05, 4.69) is 17.2 Å². The molecule has 5 N–H and O–H groups in total. The van der Waals surface area contributed by atoms with Crippen molar-refractivity contribution in [1.82, 2.24) is 5.32 Å². The highest BCUT2D eigenvalue weighted by Gasteiger charge is 2.16. The van der Waals surface area contributed by atoms with Crippen LogP contribution in [0.2, 0.25) is 0 Å². The number of benzene rings is 1. The summed E-state index contributed by atoms with van der Waals surface area (Å²) >= 11 is 0. The fraction of sp³-hybridized carbons (Fsp3) is 0.391. The van der Waals surface area contributed by atoms with Gasteiger partial charge in [0.2, 0.25) is 0 Å². The standard InChI is InChI=1S/C23H29N3O4/c1-29-23(28)19-16-18(10-9-17(19)8-7-14-25)20-11-12-21(30-20)22(27)26-15-6-4-2-3-5-13-24/h9-12,16H,2-6,13-15,24-25H2,1H3,(H,26,27). The first kappa shape index (κ1) is 23.2. The highest BCUT2D eigenvalue weighted by atomic mass is 16.5. The van der Waals surface area contributed by atoms with E-state index >= 15 is 0 Å². The Balaban J connectivity index is 2.02. The van der Waals surface area contributed by atoms with Crippen LogP contribution in [0.25, 0.3) is 11.3 Å². The SMILES string of the molecule is COC(=O)c1cc(-c2ccc(C(=O)NCCCCCCCN)o2)ccc1C#CCN. The molecule has 7 heteroatoms. The quantitative estimate of drug-likeness (QED) is 0.314. The third kappa shape index (κ3) is 6.76. The van der Waals surface area contributed by atoms with Gasteiger partial charge in [-0.3, -0.25) is 4.79 Å². The largest absolute Gasteiger partial charge is 0.465 e. The molecular weight excluding hydrogens is 382 g/mol. The molecule has 0 atom stereocenters. The Bertz CT molecular complexity index is 909. The Morgan fingerprint density at radius 1 is 1.07 bits per heavy atom. The number of rotatable bonds is 10. The van der Waals surface area contributed by atoms with Crippen LogP contribution in [0.15, 0.2) is 34.7 Å². The number of carbonyl (C=O) groups is 2. The van der Waals surface area contributed by atoms with Gasteiger partial charge < -0.3 is 25.9 Å². The molecule has 160 valence electrons. The van der Waals surface area contributed by atoms with Crippen molar-refractivity contribution < 1.29 is 18.7 Å². The number of esters is 1. The molecule has 0 unspecified atom stereocenters. The van der Waals surface area contributed by atoms with Crippen molar-refractivity contribution in [3.8, 4) is 23.2 Å². The van der Waals surface area contributed by atoms with E-state index in [0.717, 1.165) is 38.6 Å². The predicted molar refractivity (Wildman–Crippen MR) is 116 cm³/mol. The van der Waals surface area contributed by atoms with E-state index in [-0.39, 0.29) is 18.2 Å². The number of carbonyl (C=O) groups excluding carboxylic acids is 2. The Kier molecular flexibility index (Phi) is 9.65. The Morgan fingerprint density at radius 2 is 1.83 bits per heavy atom. The average molecular weight is 412 g/mol. The molecule has 0 saturated heterocycles. The fourth-order valence-corrected chi connectivity index (χ4v) is 2.94. The lowest BCUT2D eigenvalue weighted by Gasteiger charge is -2.06. The summed E-state index contributed by atoms with van der Waals surface area (Å²) in [4.78, 5) is 24.4. The van der Waals surface area contributed by atoms with Crippen molar-refractivity contribution in [2.75, 3.05) is 26.7 Å². The van der Waals surface area contributed by atoms with Crippen LogP contribution in [-0.2, 0) is 4.74 Å². The fourth-order valence-electron chi connectivity index (χ4n) is 2.94. The first-order chi connectivity index (χ1) is 14.6. The van der Waals surface area contributed by atoms with Crippen LogP contribution in [-0.4, -0.2) is 38.6 Å². The van der Waals surface area contributed by atoms with E-state index in [0.29, 0.717) is 29.0 Å². The van der Waals surface area contributed by atoms with Crippen LogP contribution >= 0.6 is 0 Å². The third-order valence-electron chi connectivity index (χ3n) is 4.53. The molecule has 0 bridgehead atoms. The van der Waals surface area contributed by atoms with E-state index in [1.54, 1.807) is 30.3 Å². The van der Waals surface area contributed by atoms with E-state index in [9.17, 15) is 9.59 Å². The van der Waals surface area contributed by atoms with Gasteiger partial charge in [0.1, 0.15) is 5.76 Å². The highest BCUT2D eigenvalue weighted by molar-refractivity contribution is 5.94. The lowest BCUT2D eigenvalue weighted by Crippen LogP contribution is -2.23. The van der Waals surface area contributed by atoms with E-state index in [4.69, 9.17) is 20.6 Å². The molecule has 1 aromatic carbocycles. The molecule has 30 heavy (non-hydrogen) atoms. The summed E-state index contributed by atoms with van der Waals surface area (Å²) in [5.41, 5.74) is 12.4. The van der Waals surface area contributed by atoms with Crippen LogP contribution in [0.4, 0.5) is 0 Å². The van der Waals surface area contributed by atoms with E-state index in [1.807, 2.05) is 0 Å². The van der Waals surface area contributed by atoms with Gasteiger partial charge in [-0.2, -0.15) is 0 Å². The molecule has 1 amide bonds. The maximum atomic E-state index is 12.3. The lowest BCUT2D eigenvalue weighted by atomic mass is 10.0. The second kappa shape index (κ2) is 12.5. The maximum absolute atomic E-state index is 12.3. The smallest absolute Gasteiger partial charge is 0.339 e. The van der Waals surface area contributed by atoms with Crippen molar-refractivity contribution in [3.05, 3.63) is 47.2 Å². The molecule has 0 spiro atoms. The van der Waals surface area contributed by atoms with Gasteiger partial charge >= 0.3 is 5.97 Å². The number of unbranched alkanes of at least 4 members (excludes halogenated alkanes) is 4. The number of nitrogens with one attached hydrogen (secondary N) is 1. The summed E-state index contributed by atoms with van der Waals surface area (Å²) in [6, 6.07) is 8.43. The van der Waals surface area contributed by atoms with Gasteiger partial charge in [-0.15, -0.1) is 0 Å². The first-order valence-corrected chi connectivity index (χ1v) is 10.1. The summed E-state index contributed by atoms with van der Waals surface area (Å²) in [7, 11) is 1.31. The van der Waals surface area contributed by atoms with Crippen molar-refractivity contribution in [3.63, 3.8) is 0 Å². The minimum atomic E-state index is -0.505. The zero-order valence-corrected chi connectivity index (χ0v) is 17.3. The summed E-state index contributed by atoms with van der Waals surface area (Å²) in [5.74, 6) is 5.52. The molecule has 0 saturated carbocycles. The zero-order valence-electron chi connectivity index (χ0n) is 17.3. The minimum Gasteiger partial charge on any atom is -0.465 e. The van der Waals surface area contributed by atoms with Crippen molar-refractivity contribution in [2.24, 2.45) is 11.5 Å². The highest BCUT2D eigenvalue weighted by Crippen LogP contribution is 2.25. The van der Waals surface area contributed by atoms with Crippen LogP contribution in [0.3, 0.4) is 0 Å². The Hall–Kier alpha value is -3.08. The molecule has 0 fully saturated rings. The lowest BCUT2D eigenvalue weighted by molar-refractivity contribution is 0.0600. The molecule has 1 heterocycles. The van der Waals surface area contributed by atoms with Crippen molar-refractivity contribution in [2.45, 2.75) is 32.1 Å². The number of furan rings is 1. The van der Waals surface area contributed by atoms with Crippen molar-refractivity contribution >= 4 is 11.9 Å². The number of methoxy groups -OCH3 is 1. The Labute approximate surface area is 177 Å². The maximum Gasteiger partial charge on any atom is 0.339 e. The van der Waals surface area contributed by atoms with Gasteiger partial charge in [-0.25, -0.2) is 4.79 Å². The van der Waals surface area contributed by atoms with Crippen molar-refractivity contribution in [1.29, 1.82) is 0 Å².